The number of hydrogen-bond donors (Lipinski definition) is 3. The molecule has 3 N–H and O–H groups in total. The SMILES string of the molecule is COC(=O)NC1CCN(C(=O)NC(CC(C)C)C(=O)O)C1. The summed E-state index contributed by atoms with van der Waals surface area (Å²) in [7, 11) is 1.28. The average molecular weight is 301 g/mol. The number of hydrogen-bond acceptors (Lipinski definition) is 4. The van der Waals surface area contributed by atoms with Crippen LogP contribution in [0.4, 0.5) is 9.59 Å². The topological polar surface area (TPSA) is 108 Å². The zero-order valence-electron chi connectivity index (χ0n) is 12.6. The second-order valence-corrected chi connectivity index (χ2v) is 5.54. The Kier molecular flexibility index (Phi) is 6.26. The number of nitrogens with zero attached hydrogens (tertiary/aromatic N) is 1. The number of nitrogens with one attached hydrogen (secondary N) is 2. The Balaban J connectivity index is 2.48. The van der Waals surface area contributed by atoms with E-state index in [4.69, 9.17) is 5.11 Å². The van der Waals surface area contributed by atoms with E-state index in [1.807, 2.05) is 13.8 Å². The van der Waals surface area contributed by atoms with Gasteiger partial charge in [0.15, 0.2) is 0 Å². The zero-order chi connectivity index (χ0) is 16.0. The molecule has 0 radical (unpaired) electrons. The Morgan fingerprint density at radius 1 is 1.38 bits per heavy atom. The minimum atomic E-state index is -1.04. The van der Waals surface area contributed by atoms with Gasteiger partial charge in [-0.1, -0.05) is 13.8 Å². The highest BCUT2D eigenvalue weighted by Crippen LogP contribution is 2.11. The quantitative estimate of drug-likeness (QED) is 0.690. The molecular formula is C13H23N3O5. The minimum absolute atomic E-state index is 0.165. The van der Waals surface area contributed by atoms with E-state index in [9.17, 15) is 14.4 Å². The molecular weight excluding hydrogens is 278 g/mol. The molecule has 0 saturated carbocycles. The number of carbonyl (C=O) groups excluding carboxylic acids is 2. The number of carbonyl (C=O) groups is 3. The summed E-state index contributed by atoms with van der Waals surface area (Å²) in [5, 5.41) is 14.3. The lowest BCUT2D eigenvalue weighted by Gasteiger charge is -2.22. The maximum absolute atomic E-state index is 12.1. The van der Waals surface area contributed by atoms with E-state index in [0.29, 0.717) is 25.9 Å². The molecule has 0 bridgehead atoms. The molecule has 1 aliphatic heterocycles. The second kappa shape index (κ2) is 7.70. The summed E-state index contributed by atoms with van der Waals surface area (Å²) in [5.41, 5.74) is 0. The van der Waals surface area contributed by atoms with Crippen molar-refractivity contribution in [3.8, 4) is 0 Å². The lowest BCUT2D eigenvalue weighted by molar-refractivity contribution is -0.139. The predicted octanol–water partition coefficient (Wildman–Crippen LogP) is 0.626. The molecule has 2 atom stereocenters. The van der Waals surface area contributed by atoms with Crippen LogP contribution in [-0.4, -0.2) is 60.4 Å². The van der Waals surface area contributed by atoms with Gasteiger partial charge in [0.2, 0.25) is 0 Å². The van der Waals surface area contributed by atoms with Crippen LogP contribution in [0.1, 0.15) is 26.7 Å². The molecule has 1 heterocycles. The molecule has 8 nitrogen and oxygen atoms in total. The molecule has 0 aromatic rings. The third kappa shape index (κ3) is 5.49. The van der Waals surface area contributed by atoms with E-state index < -0.39 is 24.1 Å². The van der Waals surface area contributed by atoms with Crippen LogP contribution in [0.2, 0.25) is 0 Å². The number of alkyl carbamates (subject to hydrolysis) is 1. The highest BCUT2D eigenvalue weighted by Gasteiger charge is 2.30. The summed E-state index contributed by atoms with van der Waals surface area (Å²) in [6, 6.07) is -1.49. The van der Waals surface area contributed by atoms with Gasteiger partial charge in [-0.2, -0.15) is 0 Å². The summed E-state index contributed by atoms with van der Waals surface area (Å²) >= 11 is 0. The monoisotopic (exact) mass is 301 g/mol. The van der Waals surface area contributed by atoms with Gasteiger partial charge < -0.3 is 25.4 Å². The Bertz CT molecular complexity index is 399. The van der Waals surface area contributed by atoms with Crippen LogP contribution in [-0.2, 0) is 9.53 Å². The smallest absolute Gasteiger partial charge is 0.407 e. The van der Waals surface area contributed by atoms with Gasteiger partial charge >= 0.3 is 18.1 Å². The van der Waals surface area contributed by atoms with Crippen molar-refractivity contribution in [2.24, 2.45) is 5.92 Å². The third-order valence-corrected chi connectivity index (χ3v) is 3.29. The fourth-order valence-corrected chi connectivity index (χ4v) is 2.22. The molecule has 3 amide bonds. The number of rotatable bonds is 5. The number of carboxylic acids is 1. The first kappa shape index (κ1) is 17.1. The number of urea groups is 1. The molecule has 0 spiro atoms. The highest BCUT2D eigenvalue weighted by atomic mass is 16.5. The third-order valence-electron chi connectivity index (χ3n) is 3.29. The predicted molar refractivity (Wildman–Crippen MR) is 74.9 cm³/mol. The number of carboxylic acid groups (broad SMARTS) is 1. The number of likely N-dealkylation sites (tertiary alicyclic amines) is 1. The van der Waals surface area contributed by atoms with Gasteiger partial charge in [0, 0.05) is 13.1 Å². The molecule has 21 heavy (non-hydrogen) atoms. The molecule has 0 aliphatic carbocycles. The molecule has 2 unspecified atom stereocenters. The molecule has 8 heteroatoms. The lowest BCUT2D eigenvalue weighted by atomic mass is 10.0. The fourth-order valence-electron chi connectivity index (χ4n) is 2.22. The zero-order valence-corrected chi connectivity index (χ0v) is 12.6. The maximum Gasteiger partial charge on any atom is 0.407 e. The molecule has 0 aromatic carbocycles. The molecule has 120 valence electrons. The van der Waals surface area contributed by atoms with Crippen LogP contribution in [0, 0.1) is 5.92 Å². The van der Waals surface area contributed by atoms with Crippen molar-refractivity contribution in [1.82, 2.24) is 15.5 Å². The Morgan fingerprint density at radius 3 is 2.57 bits per heavy atom. The highest BCUT2D eigenvalue weighted by molar-refractivity contribution is 5.82. The first-order chi connectivity index (χ1) is 9.83. The van der Waals surface area contributed by atoms with Gasteiger partial charge in [0.25, 0.3) is 0 Å². The van der Waals surface area contributed by atoms with Crippen LogP contribution in [0.15, 0.2) is 0 Å². The number of amides is 3. The minimum Gasteiger partial charge on any atom is -0.480 e. The van der Waals surface area contributed by atoms with Crippen molar-refractivity contribution >= 4 is 18.1 Å². The van der Waals surface area contributed by atoms with E-state index in [1.165, 1.54) is 12.0 Å². The standard InChI is InChI=1S/C13H23N3O5/c1-8(2)6-10(11(17)18)15-12(19)16-5-4-9(7-16)14-13(20)21-3/h8-10H,4-7H2,1-3H3,(H,14,20)(H,15,19)(H,17,18). The number of ether oxygens (including phenoxy) is 1. The van der Waals surface area contributed by atoms with E-state index in [2.05, 4.69) is 15.4 Å². The van der Waals surface area contributed by atoms with Gasteiger partial charge in [-0.05, 0) is 18.8 Å². The normalized spacial score (nSPS) is 19.2. The molecule has 1 fully saturated rings. The fraction of sp³-hybridized carbons (Fsp3) is 0.769. The number of methoxy groups -OCH3 is 1. The van der Waals surface area contributed by atoms with Crippen molar-refractivity contribution in [3.63, 3.8) is 0 Å². The van der Waals surface area contributed by atoms with E-state index in [1.54, 1.807) is 0 Å². The van der Waals surface area contributed by atoms with Gasteiger partial charge in [-0.15, -0.1) is 0 Å². The van der Waals surface area contributed by atoms with Gasteiger partial charge in [0.1, 0.15) is 6.04 Å². The van der Waals surface area contributed by atoms with Gasteiger partial charge in [-0.3, -0.25) is 0 Å². The van der Waals surface area contributed by atoms with Crippen molar-refractivity contribution < 1.29 is 24.2 Å². The van der Waals surface area contributed by atoms with Crippen molar-refractivity contribution in [3.05, 3.63) is 0 Å². The van der Waals surface area contributed by atoms with Crippen LogP contribution >= 0.6 is 0 Å². The maximum atomic E-state index is 12.1. The first-order valence-corrected chi connectivity index (χ1v) is 6.96. The van der Waals surface area contributed by atoms with Crippen molar-refractivity contribution in [2.45, 2.75) is 38.8 Å². The molecule has 1 saturated heterocycles. The van der Waals surface area contributed by atoms with E-state index >= 15 is 0 Å². The van der Waals surface area contributed by atoms with Crippen LogP contribution in [0.25, 0.3) is 0 Å². The Labute approximate surface area is 123 Å². The second-order valence-electron chi connectivity index (χ2n) is 5.54. The van der Waals surface area contributed by atoms with Crippen molar-refractivity contribution in [1.29, 1.82) is 0 Å². The largest absolute Gasteiger partial charge is 0.480 e. The molecule has 0 aromatic heterocycles. The number of aliphatic carboxylic acids is 1. The van der Waals surface area contributed by atoms with Crippen LogP contribution < -0.4 is 10.6 Å². The average Bonchev–Trinajstić information content (AvgIpc) is 2.85. The van der Waals surface area contributed by atoms with Crippen molar-refractivity contribution in [2.75, 3.05) is 20.2 Å². The summed E-state index contributed by atoms with van der Waals surface area (Å²) < 4.78 is 4.50. The van der Waals surface area contributed by atoms with E-state index in [0.717, 1.165) is 0 Å². The Hall–Kier alpha value is -1.99. The summed E-state index contributed by atoms with van der Waals surface area (Å²) in [5.74, 6) is -0.876. The summed E-state index contributed by atoms with van der Waals surface area (Å²) in [6.45, 7) is 4.60. The first-order valence-electron chi connectivity index (χ1n) is 6.96. The van der Waals surface area contributed by atoms with Gasteiger partial charge in [-0.25, -0.2) is 14.4 Å². The Morgan fingerprint density at radius 2 is 2.05 bits per heavy atom. The summed E-state index contributed by atoms with van der Waals surface area (Å²) in [4.78, 5) is 35.8. The lowest BCUT2D eigenvalue weighted by Crippen LogP contribution is -2.48. The van der Waals surface area contributed by atoms with Crippen LogP contribution in [0.5, 0.6) is 0 Å². The van der Waals surface area contributed by atoms with E-state index in [-0.39, 0.29) is 12.0 Å². The molecule has 1 aliphatic rings. The molecule has 1 rings (SSSR count). The van der Waals surface area contributed by atoms with Crippen LogP contribution in [0.3, 0.4) is 0 Å². The summed E-state index contributed by atoms with van der Waals surface area (Å²) in [6.07, 6.45) is 0.453. The van der Waals surface area contributed by atoms with Gasteiger partial charge in [0.05, 0.1) is 13.2 Å².